The Hall–Kier alpha value is -2.90. The van der Waals surface area contributed by atoms with Crippen LogP contribution in [0.1, 0.15) is 65.7 Å². The summed E-state index contributed by atoms with van der Waals surface area (Å²) >= 11 is 0. The van der Waals surface area contributed by atoms with Crippen LogP contribution in [0.15, 0.2) is 24.3 Å². The molecule has 1 aliphatic heterocycles. The summed E-state index contributed by atoms with van der Waals surface area (Å²) in [6, 6.07) is 6.24. The molecule has 1 atom stereocenters. The molecule has 0 fully saturated rings. The van der Waals surface area contributed by atoms with E-state index in [-0.39, 0.29) is 11.3 Å². The van der Waals surface area contributed by atoms with Crippen LogP contribution in [-0.2, 0) is 14.3 Å². The fourth-order valence-corrected chi connectivity index (χ4v) is 3.17. The van der Waals surface area contributed by atoms with Gasteiger partial charge in [0.15, 0.2) is 11.3 Å². The van der Waals surface area contributed by atoms with Gasteiger partial charge in [-0.25, -0.2) is 14.5 Å². The molecule has 0 radical (unpaired) electrons. The van der Waals surface area contributed by atoms with Gasteiger partial charge in [0.1, 0.15) is 11.2 Å². The molecule has 0 bridgehead atoms. The minimum Gasteiger partial charge on any atom is -0.444 e. The fourth-order valence-electron chi connectivity index (χ4n) is 3.17. The van der Waals surface area contributed by atoms with Crippen molar-refractivity contribution in [3.63, 3.8) is 0 Å². The Kier molecular flexibility index (Phi) is 6.03. The lowest BCUT2D eigenvalue weighted by atomic mass is 9.75. The predicted octanol–water partition coefficient (Wildman–Crippen LogP) is 4.07. The summed E-state index contributed by atoms with van der Waals surface area (Å²) in [6.07, 6.45) is -1.86. The van der Waals surface area contributed by atoms with Crippen molar-refractivity contribution in [2.75, 3.05) is 4.90 Å². The van der Waals surface area contributed by atoms with Crippen molar-refractivity contribution in [1.82, 2.24) is 5.32 Å². The summed E-state index contributed by atoms with van der Waals surface area (Å²) in [5.41, 5.74) is -3.48. The van der Waals surface area contributed by atoms with Gasteiger partial charge in [-0.3, -0.25) is 14.9 Å². The van der Waals surface area contributed by atoms with Crippen LogP contribution in [0.4, 0.5) is 15.3 Å². The molecular weight excluding hydrogens is 388 g/mol. The van der Waals surface area contributed by atoms with Gasteiger partial charge in [0.05, 0.1) is 5.69 Å². The summed E-state index contributed by atoms with van der Waals surface area (Å²) in [6.45, 7) is 13.3. The molecule has 30 heavy (non-hydrogen) atoms. The molecule has 1 aromatic rings. The normalized spacial score (nSPS) is 19.4. The van der Waals surface area contributed by atoms with Crippen molar-refractivity contribution in [3.05, 3.63) is 29.8 Å². The van der Waals surface area contributed by atoms with E-state index in [1.165, 1.54) is 12.1 Å². The number of carbonyl (C=O) groups excluding carboxylic acids is 4. The molecule has 3 amide bonds. The second-order valence-corrected chi connectivity index (χ2v) is 9.56. The number of hydrogen-bond donors (Lipinski definition) is 1. The molecule has 164 valence electrons. The van der Waals surface area contributed by atoms with Crippen LogP contribution in [0.2, 0.25) is 0 Å². The van der Waals surface area contributed by atoms with E-state index < -0.39 is 46.5 Å². The van der Waals surface area contributed by atoms with Gasteiger partial charge in [-0.1, -0.05) is 26.0 Å². The van der Waals surface area contributed by atoms with Crippen molar-refractivity contribution < 1.29 is 28.7 Å². The monoisotopic (exact) mass is 418 g/mol. The molecule has 0 saturated heterocycles. The minimum absolute atomic E-state index is 0.115. The van der Waals surface area contributed by atoms with Gasteiger partial charge in [-0.05, 0) is 59.6 Å². The van der Waals surface area contributed by atoms with Gasteiger partial charge in [0, 0.05) is 5.56 Å². The van der Waals surface area contributed by atoms with Crippen LogP contribution >= 0.6 is 0 Å². The zero-order valence-corrected chi connectivity index (χ0v) is 18.8. The van der Waals surface area contributed by atoms with Crippen LogP contribution in [0.3, 0.4) is 0 Å². The largest absolute Gasteiger partial charge is 0.444 e. The molecule has 0 saturated carbocycles. The van der Waals surface area contributed by atoms with E-state index in [2.05, 4.69) is 5.32 Å². The first-order chi connectivity index (χ1) is 13.6. The first kappa shape index (κ1) is 23.4. The summed E-state index contributed by atoms with van der Waals surface area (Å²) < 4.78 is 10.7. The third-order valence-electron chi connectivity index (χ3n) is 4.43. The molecule has 0 aliphatic carbocycles. The number of rotatable bonds is 2. The number of imide groups is 1. The second kappa shape index (κ2) is 7.74. The molecule has 1 N–H and O–H groups in total. The van der Waals surface area contributed by atoms with E-state index in [9.17, 15) is 19.2 Å². The van der Waals surface area contributed by atoms with Crippen molar-refractivity contribution in [3.8, 4) is 0 Å². The summed E-state index contributed by atoms with van der Waals surface area (Å²) in [5, 5.41) is 2.47. The summed E-state index contributed by atoms with van der Waals surface area (Å²) in [4.78, 5) is 53.4. The standard InChI is InChI=1S/C22H30N2O6/c1-13(2)22(23-18(27)29-20(3,4)5)16(25)14-11-9-10-12-15(14)24(17(22)26)19(28)30-21(6,7)8/h9-13H,1-8H3,(H,23,27)/t22-/m1/s1. The third kappa shape index (κ3) is 4.47. The Labute approximate surface area is 176 Å². The van der Waals surface area contributed by atoms with E-state index in [0.717, 1.165) is 4.90 Å². The molecule has 1 aliphatic rings. The zero-order chi connectivity index (χ0) is 23.1. The maximum Gasteiger partial charge on any atom is 0.421 e. The second-order valence-electron chi connectivity index (χ2n) is 9.56. The Morgan fingerprint density at radius 2 is 1.50 bits per heavy atom. The highest BCUT2D eigenvalue weighted by molar-refractivity contribution is 6.34. The number of benzene rings is 1. The maximum atomic E-state index is 13.6. The van der Waals surface area contributed by atoms with Gasteiger partial charge < -0.3 is 9.47 Å². The zero-order valence-electron chi connectivity index (χ0n) is 18.8. The fraction of sp³-hybridized carbons (Fsp3) is 0.545. The van der Waals surface area contributed by atoms with Crippen LogP contribution in [-0.4, -0.2) is 40.6 Å². The minimum atomic E-state index is -2.02. The molecule has 0 aromatic heterocycles. The van der Waals surface area contributed by atoms with Crippen molar-refractivity contribution in [2.45, 2.75) is 72.1 Å². The maximum absolute atomic E-state index is 13.6. The molecule has 8 nitrogen and oxygen atoms in total. The average molecular weight is 418 g/mol. The Morgan fingerprint density at radius 1 is 0.967 bits per heavy atom. The third-order valence-corrected chi connectivity index (χ3v) is 4.43. The van der Waals surface area contributed by atoms with Crippen molar-refractivity contribution >= 4 is 29.6 Å². The number of ether oxygens (including phenoxy) is 2. The number of carbonyl (C=O) groups is 4. The van der Waals surface area contributed by atoms with E-state index >= 15 is 0 Å². The molecule has 8 heteroatoms. The number of amides is 3. The van der Waals surface area contributed by atoms with Gasteiger partial charge in [-0.2, -0.15) is 0 Å². The van der Waals surface area contributed by atoms with Gasteiger partial charge >= 0.3 is 12.2 Å². The first-order valence-corrected chi connectivity index (χ1v) is 9.82. The topological polar surface area (TPSA) is 102 Å². The molecule has 0 spiro atoms. The van der Waals surface area contributed by atoms with E-state index in [1.54, 1.807) is 67.5 Å². The van der Waals surface area contributed by atoms with Gasteiger partial charge in [-0.15, -0.1) is 0 Å². The SMILES string of the molecule is CC(C)[C@@]1(NC(=O)OC(C)(C)C)C(=O)c2ccccc2N(C(=O)OC(C)(C)C)C1=O. The molecule has 2 rings (SSSR count). The number of hydrogen-bond acceptors (Lipinski definition) is 6. The molecule has 0 unspecified atom stereocenters. The van der Waals surface area contributed by atoms with Gasteiger partial charge in [0.25, 0.3) is 5.91 Å². The summed E-state index contributed by atoms with van der Waals surface area (Å²) in [5.74, 6) is -2.17. The van der Waals surface area contributed by atoms with E-state index in [0.29, 0.717) is 0 Å². The molecule has 1 heterocycles. The predicted molar refractivity (Wildman–Crippen MR) is 111 cm³/mol. The quantitative estimate of drug-likeness (QED) is 0.727. The number of para-hydroxylation sites is 1. The van der Waals surface area contributed by atoms with Gasteiger partial charge in [0.2, 0.25) is 0 Å². The number of anilines is 1. The highest BCUT2D eigenvalue weighted by Gasteiger charge is 2.58. The number of ketones is 1. The number of nitrogens with zero attached hydrogens (tertiary/aromatic N) is 1. The Bertz CT molecular complexity index is 878. The Morgan fingerprint density at radius 3 is 2.00 bits per heavy atom. The lowest BCUT2D eigenvalue weighted by molar-refractivity contribution is -0.124. The lowest BCUT2D eigenvalue weighted by Crippen LogP contribution is -2.71. The van der Waals surface area contributed by atoms with Crippen molar-refractivity contribution in [1.29, 1.82) is 0 Å². The lowest BCUT2D eigenvalue weighted by Gasteiger charge is -2.43. The number of nitrogens with one attached hydrogen (secondary N) is 1. The summed E-state index contributed by atoms with van der Waals surface area (Å²) in [7, 11) is 0. The van der Waals surface area contributed by atoms with Crippen LogP contribution in [0, 0.1) is 5.92 Å². The Balaban J connectivity index is 2.63. The van der Waals surface area contributed by atoms with Crippen LogP contribution in [0.5, 0.6) is 0 Å². The highest BCUT2D eigenvalue weighted by atomic mass is 16.6. The van der Waals surface area contributed by atoms with E-state index in [4.69, 9.17) is 9.47 Å². The first-order valence-electron chi connectivity index (χ1n) is 9.82. The van der Waals surface area contributed by atoms with E-state index in [1.807, 2.05) is 0 Å². The number of alkyl carbamates (subject to hydrolysis) is 1. The molecular formula is C22H30N2O6. The number of fused-ring (bicyclic) bond motifs is 1. The smallest absolute Gasteiger partial charge is 0.421 e. The van der Waals surface area contributed by atoms with Crippen LogP contribution < -0.4 is 10.2 Å². The average Bonchev–Trinajstić information content (AvgIpc) is 2.55. The van der Waals surface area contributed by atoms with Crippen molar-refractivity contribution in [2.24, 2.45) is 5.92 Å². The highest BCUT2D eigenvalue weighted by Crippen LogP contribution is 2.37. The molecule has 1 aromatic carbocycles. The number of Topliss-reactive ketones (excluding diaryl/α,β-unsaturated/α-hetero) is 1. The van der Waals surface area contributed by atoms with Crippen LogP contribution in [0.25, 0.3) is 0 Å².